The molecule has 0 fully saturated rings. The van der Waals surface area contributed by atoms with Crippen LogP contribution in [0, 0.1) is 6.92 Å². The summed E-state index contributed by atoms with van der Waals surface area (Å²) in [6.07, 6.45) is 0. The number of aryl methyl sites for hydroxylation is 1. The third-order valence-electron chi connectivity index (χ3n) is 3.28. The SMILES string of the molecule is Cc1ccc(NS(=O)(=O)c2ccc(S(=O)(=O)N(C)C)cc2)c(Br)c1. The number of halogens is 1. The van der Waals surface area contributed by atoms with Crippen LogP contribution in [0.1, 0.15) is 5.56 Å². The molecule has 2 aromatic rings. The van der Waals surface area contributed by atoms with E-state index in [0.29, 0.717) is 10.2 Å². The normalized spacial score (nSPS) is 12.4. The molecule has 24 heavy (non-hydrogen) atoms. The molecule has 2 aromatic carbocycles. The molecule has 0 aliphatic heterocycles. The summed E-state index contributed by atoms with van der Waals surface area (Å²) in [5.74, 6) is 0. The summed E-state index contributed by atoms with van der Waals surface area (Å²) >= 11 is 3.31. The third-order valence-corrected chi connectivity index (χ3v) is 7.15. The zero-order valence-corrected chi connectivity index (χ0v) is 16.5. The van der Waals surface area contributed by atoms with Gasteiger partial charge in [0.25, 0.3) is 10.0 Å². The molecule has 0 radical (unpaired) electrons. The Morgan fingerprint density at radius 1 is 0.917 bits per heavy atom. The molecule has 0 saturated heterocycles. The Bertz CT molecular complexity index is 953. The Hall–Kier alpha value is -1.42. The smallest absolute Gasteiger partial charge is 0.261 e. The second kappa shape index (κ2) is 6.83. The van der Waals surface area contributed by atoms with Crippen molar-refractivity contribution in [3.63, 3.8) is 0 Å². The van der Waals surface area contributed by atoms with E-state index in [1.165, 1.54) is 38.4 Å². The first kappa shape index (κ1) is 18.9. The number of hydrogen-bond donors (Lipinski definition) is 1. The van der Waals surface area contributed by atoms with Crippen LogP contribution in [-0.4, -0.2) is 35.2 Å². The fourth-order valence-corrected chi connectivity index (χ4v) is 4.61. The van der Waals surface area contributed by atoms with Crippen molar-refractivity contribution in [2.45, 2.75) is 16.7 Å². The quantitative estimate of drug-likeness (QED) is 0.786. The molecular formula is C15H17BrN2O4S2. The van der Waals surface area contributed by atoms with Crippen molar-refractivity contribution in [2.75, 3.05) is 18.8 Å². The number of hydrogen-bond acceptors (Lipinski definition) is 4. The van der Waals surface area contributed by atoms with Crippen molar-refractivity contribution in [3.8, 4) is 0 Å². The summed E-state index contributed by atoms with van der Waals surface area (Å²) in [5, 5.41) is 0. The maximum Gasteiger partial charge on any atom is 0.261 e. The summed E-state index contributed by atoms with van der Waals surface area (Å²) < 4.78 is 53.1. The van der Waals surface area contributed by atoms with Gasteiger partial charge in [0.2, 0.25) is 10.0 Å². The van der Waals surface area contributed by atoms with Crippen molar-refractivity contribution in [1.82, 2.24) is 4.31 Å². The first-order valence-corrected chi connectivity index (χ1v) is 10.6. The van der Waals surface area contributed by atoms with Crippen LogP contribution >= 0.6 is 15.9 Å². The maximum atomic E-state index is 12.4. The molecule has 0 unspecified atom stereocenters. The van der Waals surface area contributed by atoms with E-state index in [9.17, 15) is 16.8 Å². The molecule has 0 aromatic heterocycles. The van der Waals surface area contributed by atoms with Gasteiger partial charge in [0, 0.05) is 18.6 Å². The van der Waals surface area contributed by atoms with E-state index < -0.39 is 20.0 Å². The Kier molecular flexibility index (Phi) is 5.38. The minimum absolute atomic E-state index is 0.0207. The van der Waals surface area contributed by atoms with Gasteiger partial charge in [-0.25, -0.2) is 21.1 Å². The molecule has 1 N–H and O–H groups in total. The molecule has 0 bridgehead atoms. The number of sulfonamides is 2. The maximum absolute atomic E-state index is 12.4. The highest BCUT2D eigenvalue weighted by atomic mass is 79.9. The monoisotopic (exact) mass is 432 g/mol. The molecular weight excluding hydrogens is 416 g/mol. The largest absolute Gasteiger partial charge is 0.278 e. The number of nitrogens with one attached hydrogen (secondary N) is 1. The highest BCUT2D eigenvalue weighted by Crippen LogP contribution is 2.26. The van der Waals surface area contributed by atoms with E-state index >= 15 is 0 Å². The molecule has 9 heteroatoms. The second-order valence-corrected chi connectivity index (χ2v) is 10.0. The van der Waals surface area contributed by atoms with Crippen molar-refractivity contribution in [3.05, 3.63) is 52.5 Å². The van der Waals surface area contributed by atoms with Crippen LogP contribution in [0.5, 0.6) is 0 Å². The molecule has 0 amide bonds. The molecule has 2 rings (SSSR count). The Labute approximate surface area is 150 Å². The van der Waals surface area contributed by atoms with Gasteiger partial charge in [0.15, 0.2) is 0 Å². The average Bonchev–Trinajstić information content (AvgIpc) is 2.50. The van der Waals surface area contributed by atoms with Crippen LogP contribution in [0.15, 0.2) is 56.7 Å². The van der Waals surface area contributed by atoms with Crippen LogP contribution in [0.4, 0.5) is 5.69 Å². The summed E-state index contributed by atoms with van der Waals surface area (Å²) in [6.45, 7) is 1.90. The summed E-state index contributed by atoms with van der Waals surface area (Å²) in [6, 6.07) is 10.3. The average molecular weight is 433 g/mol. The molecule has 0 aliphatic carbocycles. The highest BCUT2D eigenvalue weighted by molar-refractivity contribution is 9.10. The number of anilines is 1. The van der Waals surface area contributed by atoms with Gasteiger partial charge in [-0.3, -0.25) is 4.72 Å². The van der Waals surface area contributed by atoms with E-state index in [0.717, 1.165) is 9.87 Å². The summed E-state index contributed by atoms with van der Waals surface area (Å²) in [5.41, 5.74) is 1.40. The minimum atomic E-state index is -3.82. The standard InChI is InChI=1S/C15H17BrN2O4S2/c1-11-4-9-15(14(16)10-11)17-23(19,20)12-5-7-13(8-6-12)24(21,22)18(2)3/h4-10,17H,1-3H3. The predicted molar refractivity (Wildman–Crippen MR) is 97.0 cm³/mol. The molecule has 0 spiro atoms. The van der Waals surface area contributed by atoms with Crippen molar-refractivity contribution < 1.29 is 16.8 Å². The van der Waals surface area contributed by atoms with Crippen molar-refractivity contribution in [2.24, 2.45) is 0 Å². The minimum Gasteiger partial charge on any atom is -0.278 e. The molecule has 6 nitrogen and oxygen atoms in total. The van der Waals surface area contributed by atoms with Crippen LogP contribution in [0.25, 0.3) is 0 Å². The van der Waals surface area contributed by atoms with Gasteiger partial charge in [-0.05, 0) is 64.8 Å². The van der Waals surface area contributed by atoms with Gasteiger partial charge in [0.05, 0.1) is 15.5 Å². The first-order chi connectivity index (χ1) is 11.0. The molecule has 130 valence electrons. The number of rotatable bonds is 5. The second-order valence-electron chi connectivity index (χ2n) is 5.35. The Morgan fingerprint density at radius 3 is 1.96 bits per heavy atom. The summed E-state index contributed by atoms with van der Waals surface area (Å²) in [4.78, 5) is 0.00986. The molecule has 0 aliphatic rings. The number of nitrogens with zero attached hydrogens (tertiary/aromatic N) is 1. The van der Waals surface area contributed by atoms with Crippen LogP contribution < -0.4 is 4.72 Å². The lowest BCUT2D eigenvalue weighted by molar-refractivity contribution is 0.520. The molecule has 0 heterocycles. The van der Waals surface area contributed by atoms with E-state index in [-0.39, 0.29) is 9.79 Å². The number of benzene rings is 2. The molecule has 0 atom stereocenters. The summed E-state index contributed by atoms with van der Waals surface area (Å²) in [7, 11) is -4.59. The van der Waals surface area contributed by atoms with Gasteiger partial charge >= 0.3 is 0 Å². The predicted octanol–water partition coefficient (Wildman–Crippen LogP) is 2.81. The van der Waals surface area contributed by atoms with Gasteiger partial charge in [-0.1, -0.05) is 6.07 Å². The van der Waals surface area contributed by atoms with Crippen LogP contribution in [-0.2, 0) is 20.0 Å². The highest BCUT2D eigenvalue weighted by Gasteiger charge is 2.20. The van der Waals surface area contributed by atoms with E-state index in [4.69, 9.17) is 0 Å². The lowest BCUT2D eigenvalue weighted by Gasteiger charge is -2.13. The van der Waals surface area contributed by atoms with E-state index in [1.54, 1.807) is 18.2 Å². The first-order valence-electron chi connectivity index (χ1n) is 6.85. The molecule has 0 saturated carbocycles. The Balaban J connectivity index is 2.33. The van der Waals surface area contributed by atoms with Gasteiger partial charge in [0.1, 0.15) is 0 Å². The Morgan fingerprint density at radius 2 is 1.46 bits per heavy atom. The van der Waals surface area contributed by atoms with Crippen LogP contribution in [0.2, 0.25) is 0 Å². The van der Waals surface area contributed by atoms with E-state index in [1.807, 2.05) is 6.92 Å². The fraction of sp³-hybridized carbons (Fsp3) is 0.200. The zero-order valence-electron chi connectivity index (χ0n) is 13.3. The zero-order chi connectivity index (χ0) is 18.1. The van der Waals surface area contributed by atoms with Crippen molar-refractivity contribution in [1.29, 1.82) is 0 Å². The fourth-order valence-electron chi connectivity index (χ4n) is 1.91. The van der Waals surface area contributed by atoms with Gasteiger partial charge in [-0.15, -0.1) is 0 Å². The van der Waals surface area contributed by atoms with Crippen molar-refractivity contribution >= 4 is 41.7 Å². The van der Waals surface area contributed by atoms with Gasteiger partial charge in [-0.2, -0.15) is 0 Å². The van der Waals surface area contributed by atoms with E-state index in [2.05, 4.69) is 20.7 Å². The lowest BCUT2D eigenvalue weighted by atomic mass is 10.2. The lowest BCUT2D eigenvalue weighted by Crippen LogP contribution is -2.22. The third kappa shape index (κ3) is 3.97. The van der Waals surface area contributed by atoms with Gasteiger partial charge < -0.3 is 0 Å². The van der Waals surface area contributed by atoms with Crippen LogP contribution in [0.3, 0.4) is 0 Å². The topological polar surface area (TPSA) is 83.5 Å².